The van der Waals surface area contributed by atoms with Crippen molar-refractivity contribution < 1.29 is 9.21 Å². The van der Waals surface area contributed by atoms with Gasteiger partial charge in [0.25, 0.3) is 5.56 Å². The van der Waals surface area contributed by atoms with E-state index >= 15 is 0 Å². The number of rotatable bonds is 2. The molecular formula is C9H6N2O3. The van der Waals surface area contributed by atoms with Crippen LogP contribution in [0.4, 0.5) is 0 Å². The van der Waals surface area contributed by atoms with Gasteiger partial charge in [0.2, 0.25) is 0 Å². The Hall–Kier alpha value is -2.17. The van der Waals surface area contributed by atoms with Gasteiger partial charge >= 0.3 is 6.01 Å². The van der Waals surface area contributed by atoms with Crippen LogP contribution in [-0.2, 0) is 0 Å². The van der Waals surface area contributed by atoms with Gasteiger partial charge in [-0.3, -0.25) is 9.59 Å². The van der Waals surface area contributed by atoms with E-state index in [4.69, 9.17) is 4.42 Å². The lowest BCUT2D eigenvalue weighted by Gasteiger charge is -1.98. The molecule has 2 aromatic heterocycles. The van der Waals surface area contributed by atoms with Crippen molar-refractivity contribution in [1.82, 2.24) is 9.55 Å². The molecule has 0 fully saturated rings. The maximum Gasteiger partial charge on any atom is 0.308 e. The third-order valence-electron chi connectivity index (χ3n) is 1.73. The van der Waals surface area contributed by atoms with E-state index < -0.39 is 5.56 Å². The molecule has 0 N–H and O–H groups in total. The van der Waals surface area contributed by atoms with Crippen molar-refractivity contribution >= 4 is 6.29 Å². The summed E-state index contributed by atoms with van der Waals surface area (Å²) in [6.45, 7) is 0. The first-order chi connectivity index (χ1) is 6.83. The number of aldehydes is 1. The van der Waals surface area contributed by atoms with Crippen LogP contribution in [0.15, 0.2) is 40.0 Å². The number of carbonyl (C=O) groups excluding carboxylic acids is 1. The molecular weight excluding hydrogens is 184 g/mol. The Balaban J connectivity index is 2.66. The molecule has 14 heavy (non-hydrogen) atoms. The number of carbonyl (C=O) groups is 1. The van der Waals surface area contributed by atoms with Gasteiger partial charge in [0.05, 0.1) is 11.8 Å². The van der Waals surface area contributed by atoms with Gasteiger partial charge in [0, 0.05) is 6.20 Å². The largest absolute Gasteiger partial charge is 0.432 e. The van der Waals surface area contributed by atoms with Gasteiger partial charge < -0.3 is 4.42 Å². The van der Waals surface area contributed by atoms with Crippen LogP contribution >= 0.6 is 0 Å². The summed E-state index contributed by atoms with van der Waals surface area (Å²) in [5, 5.41) is 0. The first kappa shape index (κ1) is 8.43. The Kier molecular flexibility index (Phi) is 1.98. The molecule has 2 aromatic rings. The lowest BCUT2D eigenvalue weighted by atomic mass is 10.3. The molecule has 0 radical (unpaired) electrons. The molecule has 5 heteroatoms. The Morgan fingerprint density at radius 2 is 2.36 bits per heavy atom. The van der Waals surface area contributed by atoms with Crippen molar-refractivity contribution in [3.63, 3.8) is 0 Å². The van der Waals surface area contributed by atoms with E-state index in [0.717, 1.165) is 0 Å². The van der Waals surface area contributed by atoms with E-state index in [0.29, 0.717) is 6.29 Å². The lowest BCUT2D eigenvalue weighted by Crippen LogP contribution is -2.21. The van der Waals surface area contributed by atoms with Gasteiger partial charge in [-0.25, -0.2) is 9.55 Å². The summed E-state index contributed by atoms with van der Waals surface area (Å²) in [5.41, 5.74) is -0.365. The molecule has 0 aliphatic heterocycles. The molecule has 2 heterocycles. The number of hydrogen-bond donors (Lipinski definition) is 0. The molecule has 2 rings (SSSR count). The molecule has 0 atom stereocenters. The SMILES string of the molecule is O=Cc1cccn(-c2ncco2)c1=O. The van der Waals surface area contributed by atoms with E-state index in [9.17, 15) is 9.59 Å². The Morgan fingerprint density at radius 1 is 1.50 bits per heavy atom. The quantitative estimate of drug-likeness (QED) is 0.652. The zero-order valence-corrected chi connectivity index (χ0v) is 7.08. The molecule has 0 aliphatic rings. The van der Waals surface area contributed by atoms with Gasteiger partial charge in [-0.05, 0) is 12.1 Å². The monoisotopic (exact) mass is 190 g/mol. The Morgan fingerprint density at radius 3 is 3.00 bits per heavy atom. The second kappa shape index (κ2) is 3.29. The smallest absolute Gasteiger partial charge is 0.308 e. The van der Waals surface area contributed by atoms with Crippen LogP contribution in [0, 0.1) is 0 Å². The highest BCUT2D eigenvalue weighted by Gasteiger charge is 2.06. The van der Waals surface area contributed by atoms with Gasteiger partial charge in [-0.1, -0.05) is 0 Å². The zero-order chi connectivity index (χ0) is 9.97. The molecule has 0 aromatic carbocycles. The first-order valence-corrected chi connectivity index (χ1v) is 3.89. The van der Waals surface area contributed by atoms with Crippen LogP contribution in [-0.4, -0.2) is 15.8 Å². The molecule has 0 unspecified atom stereocenters. The molecule has 0 saturated carbocycles. The molecule has 0 saturated heterocycles. The fourth-order valence-corrected chi connectivity index (χ4v) is 1.09. The van der Waals surface area contributed by atoms with Crippen molar-refractivity contribution in [2.24, 2.45) is 0 Å². The van der Waals surface area contributed by atoms with E-state index in [2.05, 4.69) is 4.98 Å². The third kappa shape index (κ3) is 1.24. The van der Waals surface area contributed by atoms with Crippen LogP contribution in [0.25, 0.3) is 6.01 Å². The summed E-state index contributed by atoms with van der Waals surface area (Å²) in [7, 11) is 0. The minimum Gasteiger partial charge on any atom is -0.432 e. The Bertz CT molecular complexity index is 499. The summed E-state index contributed by atoms with van der Waals surface area (Å²) in [6, 6.07) is 3.17. The van der Waals surface area contributed by atoms with E-state index in [1.165, 1.54) is 29.3 Å². The number of hydrogen-bond acceptors (Lipinski definition) is 4. The van der Waals surface area contributed by atoms with Crippen LogP contribution in [0.1, 0.15) is 10.4 Å². The standard InChI is InChI=1S/C9H6N2O3/c12-6-7-2-1-4-11(8(7)13)9-10-3-5-14-9/h1-6H. The summed E-state index contributed by atoms with van der Waals surface area (Å²) in [4.78, 5) is 25.8. The second-order valence-corrected chi connectivity index (χ2v) is 2.57. The topological polar surface area (TPSA) is 65.1 Å². The number of aromatic nitrogens is 2. The highest BCUT2D eigenvalue weighted by Crippen LogP contribution is 2.00. The predicted octanol–water partition coefficient (Wildman–Crippen LogP) is 0.638. The van der Waals surface area contributed by atoms with Gasteiger partial charge in [0.1, 0.15) is 6.26 Å². The molecule has 0 bridgehead atoms. The van der Waals surface area contributed by atoms with Crippen molar-refractivity contribution in [2.75, 3.05) is 0 Å². The zero-order valence-electron chi connectivity index (χ0n) is 7.08. The van der Waals surface area contributed by atoms with E-state index in [-0.39, 0.29) is 11.6 Å². The summed E-state index contributed by atoms with van der Waals surface area (Å²) in [6.07, 6.45) is 4.77. The van der Waals surface area contributed by atoms with Crippen LogP contribution in [0.2, 0.25) is 0 Å². The maximum atomic E-state index is 11.5. The van der Waals surface area contributed by atoms with E-state index in [1.807, 2.05) is 0 Å². The Labute approximate surface area is 78.6 Å². The van der Waals surface area contributed by atoms with Gasteiger partial charge in [0.15, 0.2) is 6.29 Å². The number of oxazole rings is 1. The molecule has 70 valence electrons. The highest BCUT2D eigenvalue weighted by molar-refractivity contribution is 5.73. The average Bonchev–Trinajstić information content (AvgIpc) is 2.71. The summed E-state index contributed by atoms with van der Waals surface area (Å²) in [5.74, 6) is 0. The minimum atomic E-state index is -0.440. The first-order valence-electron chi connectivity index (χ1n) is 3.89. The summed E-state index contributed by atoms with van der Waals surface area (Å²) >= 11 is 0. The molecule has 0 amide bonds. The highest BCUT2D eigenvalue weighted by atomic mass is 16.4. The van der Waals surface area contributed by atoms with Gasteiger partial charge in [-0.15, -0.1) is 0 Å². The van der Waals surface area contributed by atoms with Crippen LogP contribution < -0.4 is 5.56 Å². The van der Waals surface area contributed by atoms with Crippen molar-refractivity contribution in [2.45, 2.75) is 0 Å². The van der Waals surface area contributed by atoms with Crippen molar-refractivity contribution in [1.29, 1.82) is 0 Å². The predicted molar refractivity (Wildman–Crippen MR) is 47.5 cm³/mol. The minimum absolute atomic E-state index is 0.0747. The van der Waals surface area contributed by atoms with E-state index in [1.54, 1.807) is 6.07 Å². The maximum absolute atomic E-state index is 11.5. The normalized spacial score (nSPS) is 10.0. The van der Waals surface area contributed by atoms with Crippen molar-refractivity contribution in [3.8, 4) is 6.01 Å². The third-order valence-corrected chi connectivity index (χ3v) is 1.73. The number of nitrogens with zero attached hydrogens (tertiary/aromatic N) is 2. The molecule has 0 spiro atoms. The molecule has 0 aliphatic carbocycles. The molecule has 5 nitrogen and oxygen atoms in total. The number of pyridine rings is 1. The summed E-state index contributed by atoms with van der Waals surface area (Å²) < 4.78 is 6.11. The lowest BCUT2D eigenvalue weighted by molar-refractivity contribution is 0.112. The fraction of sp³-hybridized carbons (Fsp3) is 0. The average molecular weight is 190 g/mol. The van der Waals surface area contributed by atoms with Crippen LogP contribution in [0.5, 0.6) is 0 Å². The van der Waals surface area contributed by atoms with Crippen LogP contribution in [0.3, 0.4) is 0 Å². The second-order valence-electron chi connectivity index (χ2n) is 2.57. The van der Waals surface area contributed by atoms with Crippen molar-refractivity contribution in [3.05, 3.63) is 46.7 Å². The van der Waals surface area contributed by atoms with Gasteiger partial charge in [-0.2, -0.15) is 0 Å². The fourth-order valence-electron chi connectivity index (χ4n) is 1.09.